The minimum atomic E-state index is -3.56. The molecule has 0 fully saturated rings. The fraction of sp³-hybridized carbons (Fsp3) is 0.350. The summed E-state index contributed by atoms with van der Waals surface area (Å²) in [5, 5.41) is 9.12. The number of aliphatic carboxylic acids is 1. The maximum Gasteiger partial charge on any atom is 0.347 e. The summed E-state index contributed by atoms with van der Waals surface area (Å²) in [5.41, 5.74) is -0.392. The minimum absolute atomic E-state index is 0.252. The summed E-state index contributed by atoms with van der Waals surface area (Å²) in [5.74, 6) is -0.600. The van der Waals surface area contributed by atoms with Crippen molar-refractivity contribution in [3.63, 3.8) is 0 Å². The lowest BCUT2D eigenvalue weighted by molar-refractivity contribution is -0.152. The topological polar surface area (TPSA) is 83.9 Å². The molecule has 1 atom stereocenters. The first-order valence-electron chi connectivity index (χ1n) is 8.58. The van der Waals surface area contributed by atoms with Crippen LogP contribution in [0.25, 0.3) is 0 Å². The molecule has 1 N–H and O–H groups in total. The van der Waals surface area contributed by atoms with Crippen LogP contribution in [-0.2, 0) is 21.2 Å². The molecule has 0 bridgehead atoms. The van der Waals surface area contributed by atoms with Gasteiger partial charge in [0.2, 0.25) is 10.0 Å². The first-order valence-corrected chi connectivity index (χ1v) is 10.0. The van der Waals surface area contributed by atoms with Crippen LogP contribution in [0.4, 0.5) is 0 Å². The molecule has 2 aromatic rings. The minimum Gasteiger partial charge on any atom is -0.478 e. The number of carboxylic acids is 1. The van der Waals surface area contributed by atoms with Gasteiger partial charge in [-0.05, 0) is 57.0 Å². The van der Waals surface area contributed by atoms with Crippen molar-refractivity contribution in [3.05, 3.63) is 60.2 Å². The average Bonchev–Trinajstić information content (AvgIpc) is 2.63. The molecular weight excluding hydrogens is 366 g/mol. The van der Waals surface area contributed by atoms with E-state index in [0.29, 0.717) is 12.2 Å². The van der Waals surface area contributed by atoms with Crippen LogP contribution >= 0.6 is 0 Å². The van der Waals surface area contributed by atoms with Gasteiger partial charge >= 0.3 is 5.97 Å². The molecule has 7 heteroatoms. The van der Waals surface area contributed by atoms with Crippen LogP contribution in [-0.4, -0.2) is 42.5 Å². The Balaban J connectivity index is 2.07. The van der Waals surface area contributed by atoms with Gasteiger partial charge < -0.3 is 9.84 Å². The van der Waals surface area contributed by atoms with Gasteiger partial charge in [-0.2, -0.15) is 4.31 Å². The highest BCUT2D eigenvalue weighted by molar-refractivity contribution is 7.89. The Hall–Kier alpha value is -2.38. The van der Waals surface area contributed by atoms with Crippen LogP contribution in [0.3, 0.4) is 0 Å². The fourth-order valence-corrected chi connectivity index (χ4v) is 3.88. The van der Waals surface area contributed by atoms with Crippen LogP contribution < -0.4 is 4.74 Å². The Bertz CT molecular complexity index is 876. The predicted octanol–water partition coefficient (Wildman–Crippen LogP) is 3.18. The van der Waals surface area contributed by atoms with E-state index >= 15 is 0 Å². The molecule has 0 saturated carbocycles. The molecule has 146 valence electrons. The third kappa shape index (κ3) is 5.08. The standard InChI is InChI=1S/C20H25NO5S/c1-15(21(4)27(24,25)18-8-6-5-7-9-18)14-16-10-12-17(13-11-16)26-20(2,3)19(22)23/h5-13,15H,14H2,1-4H3,(H,22,23). The van der Waals surface area contributed by atoms with Gasteiger partial charge in [0.15, 0.2) is 5.60 Å². The second kappa shape index (κ2) is 8.10. The van der Waals surface area contributed by atoms with E-state index in [1.54, 1.807) is 49.5 Å². The molecule has 2 aromatic carbocycles. The summed E-state index contributed by atoms with van der Waals surface area (Å²) in [6.45, 7) is 4.81. The maximum absolute atomic E-state index is 12.7. The monoisotopic (exact) mass is 391 g/mol. The first kappa shape index (κ1) is 20.9. The van der Waals surface area contributed by atoms with Crippen LogP contribution in [0.2, 0.25) is 0 Å². The molecule has 0 radical (unpaired) electrons. The zero-order chi connectivity index (χ0) is 20.2. The number of nitrogens with zero attached hydrogens (tertiary/aromatic N) is 1. The van der Waals surface area contributed by atoms with Gasteiger partial charge in [0, 0.05) is 13.1 Å². The molecule has 0 spiro atoms. The van der Waals surface area contributed by atoms with Crippen LogP contribution in [0.5, 0.6) is 5.75 Å². The van der Waals surface area contributed by atoms with E-state index in [-0.39, 0.29) is 10.9 Å². The number of likely N-dealkylation sites (N-methyl/N-ethyl adjacent to an activating group) is 1. The fourth-order valence-electron chi connectivity index (χ4n) is 2.50. The number of carbonyl (C=O) groups is 1. The van der Waals surface area contributed by atoms with Gasteiger partial charge in [-0.15, -0.1) is 0 Å². The first-order chi connectivity index (χ1) is 12.5. The lowest BCUT2D eigenvalue weighted by Crippen LogP contribution is -2.37. The van der Waals surface area contributed by atoms with Gasteiger partial charge in [0.25, 0.3) is 0 Å². The van der Waals surface area contributed by atoms with Crippen LogP contribution in [0.15, 0.2) is 59.5 Å². The zero-order valence-electron chi connectivity index (χ0n) is 15.9. The van der Waals surface area contributed by atoms with Crippen molar-refractivity contribution in [1.29, 1.82) is 0 Å². The van der Waals surface area contributed by atoms with Crippen LogP contribution in [0, 0.1) is 0 Å². The SMILES string of the molecule is CC(Cc1ccc(OC(C)(C)C(=O)O)cc1)N(C)S(=O)(=O)c1ccccc1. The Labute approximate surface area is 160 Å². The van der Waals surface area contributed by atoms with Crippen molar-refractivity contribution in [3.8, 4) is 5.75 Å². The summed E-state index contributed by atoms with van der Waals surface area (Å²) in [6.07, 6.45) is 0.519. The lowest BCUT2D eigenvalue weighted by Gasteiger charge is -2.25. The molecule has 0 aromatic heterocycles. The van der Waals surface area contributed by atoms with E-state index in [1.165, 1.54) is 18.2 Å². The summed E-state index contributed by atoms with van der Waals surface area (Å²) in [7, 11) is -1.99. The van der Waals surface area contributed by atoms with Crippen molar-refractivity contribution in [1.82, 2.24) is 4.31 Å². The number of sulfonamides is 1. The maximum atomic E-state index is 12.7. The van der Waals surface area contributed by atoms with Gasteiger partial charge in [-0.1, -0.05) is 30.3 Å². The highest BCUT2D eigenvalue weighted by Crippen LogP contribution is 2.22. The molecule has 2 rings (SSSR count). The van der Waals surface area contributed by atoms with E-state index < -0.39 is 21.6 Å². The number of benzene rings is 2. The molecule has 1 unspecified atom stereocenters. The molecule has 0 saturated heterocycles. The number of hydrogen-bond donors (Lipinski definition) is 1. The quantitative estimate of drug-likeness (QED) is 0.747. The average molecular weight is 391 g/mol. The molecule has 27 heavy (non-hydrogen) atoms. The molecular formula is C20H25NO5S. The summed E-state index contributed by atoms with van der Waals surface area (Å²) >= 11 is 0. The van der Waals surface area contributed by atoms with Crippen molar-refractivity contribution in [2.24, 2.45) is 0 Å². The normalized spacial score (nSPS) is 13.4. The molecule has 0 heterocycles. The second-order valence-corrected chi connectivity index (χ2v) is 8.95. The van der Waals surface area contributed by atoms with Crippen molar-refractivity contribution >= 4 is 16.0 Å². The van der Waals surface area contributed by atoms with Crippen molar-refractivity contribution in [2.45, 2.75) is 43.7 Å². The second-order valence-electron chi connectivity index (χ2n) is 6.95. The van der Waals surface area contributed by atoms with Crippen molar-refractivity contribution < 1.29 is 23.1 Å². The highest BCUT2D eigenvalue weighted by atomic mass is 32.2. The molecule has 0 aliphatic rings. The molecule has 0 aliphatic heterocycles. The Morgan fingerprint density at radius 3 is 2.19 bits per heavy atom. The van der Waals surface area contributed by atoms with Gasteiger partial charge in [0.05, 0.1) is 4.90 Å². The predicted molar refractivity (Wildman–Crippen MR) is 103 cm³/mol. The number of rotatable bonds is 8. The molecule has 6 nitrogen and oxygen atoms in total. The Kier molecular flexibility index (Phi) is 6.28. The van der Waals surface area contributed by atoms with E-state index in [9.17, 15) is 13.2 Å². The number of ether oxygens (including phenoxy) is 1. The third-order valence-electron chi connectivity index (χ3n) is 4.38. The number of hydrogen-bond acceptors (Lipinski definition) is 4. The van der Waals surface area contributed by atoms with E-state index in [1.807, 2.05) is 19.1 Å². The lowest BCUT2D eigenvalue weighted by atomic mass is 10.1. The zero-order valence-corrected chi connectivity index (χ0v) is 16.7. The summed E-state index contributed by atoms with van der Waals surface area (Å²) in [6, 6.07) is 15.1. The third-order valence-corrected chi connectivity index (χ3v) is 6.37. The Morgan fingerprint density at radius 2 is 1.67 bits per heavy atom. The van der Waals surface area contributed by atoms with Gasteiger partial charge in [-0.25, -0.2) is 13.2 Å². The van der Waals surface area contributed by atoms with E-state index in [0.717, 1.165) is 5.56 Å². The summed E-state index contributed by atoms with van der Waals surface area (Å²) in [4.78, 5) is 11.4. The summed E-state index contributed by atoms with van der Waals surface area (Å²) < 4.78 is 32.2. The van der Waals surface area contributed by atoms with Gasteiger partial charge in [0.1, 0.15) is 5.75 Å². The largest absolute Gasteiger partial charge is 0.478 e. The van der Waals surface area contributed by atoms with Gasteiger partial charge in [-0.3, -0.25) is 0 Å². The molecule has 0 aliphatic carbocycles. The van der Waals surface area contributed by atoms with Crippen LogP contribution in [0.1, 0.15) is 26.3 Å². The van der Waals surface area contributed by atoms with E-state index in [2.05, 4.69) is 0 Å². The Morgan fingerprint density at radius 1 is 1.11 bits per heavy atom. The number of carboxylic acid groups (broad SMARTS) is 1. The molecule has 0 amide bonds. The van der Waals surface area contributed by atoms with E-state index in [4.69, 9.17) is 9.84 Å². The van der Waals surface area contributed by atoms with Crippen molar-refractivity contribution in [2.75, 3.05) is 7.05 Å². The smallest absolute Gasteiger partial charge is 0.347 e. The highest BCUT2D eigenvalue weighted by Gasteiger charge is 2.29.